The van der Waals surface area contributed by atoms with E-state index in [4.69, 9.17) is 18.9 Å². The number of methoxy groups -OCH3 is 3. The van der Waals surface area contributed by atoms with Crippen LogP contribution < -0.4 is 14.2 Å². The molecule has 0 bridgehead atoms. The van der Waals surface area contributed by atoms with Gasteiger partial charge in [-0.15, -0.1) is 0 Å². The van der Waals surface area contributed by atoms with Crippen LogP contribution in [0, 0.1) is 0 Å². The Kier molecular flexibility index (Phi) is 6.82. The number of nitrogens with zero attached hydrogens (tertiary/aromatic N) is 1. The van der Waals surface area contributed by atoms with Gasteiger partial charge in [0.25, 0.3) is 0 Å². The fourth-order valence-electron chi connectivity index (χ4n) is 3.79. The van der Waals surface area contributed by atoms with E-state index in [1.807, 2.05) is 37.3 Å². The summed E-state index contributed by atoms with van der Waals surface area (Å²) in [7, 11) is 4.58. The van der Waals surface area contributed by atoms with Crippen molar-refractivity contribution < 1.29 is 28.5 Å². The Balaban J connectivity index is 1.92. The van der Waals surface area contributed by atoms with Gasteiger partial charge in [0, 0.05) is 0 Å². The maximum Gasteiger partial charge on any atom is 0.417 e. The molecule has 3 rings (SSSR count). The van der Waals surface area contributed by atoms with Gasteiger partial charge in [0.15, 0.2) is 11.5 Å². The van der Waals surface area contributed by atoms with Crippen LogP contribution in [0.25, 0.3) is 0 Å². The molecule has 160 valence electrons. The topological polar surface area (TPSA) is 74.3 Å². The zero-order chi connectivity index (χ0) is 21.7. The van der Waals surface area contributed by atoms with Gasteiger partial charge in [0.05, 0.1) is 33.3 Å². The van der Waals surface area contributed by atoms with Crippen molar-refractivity contribution in [2.75, 3.05) is 27.9 Å². The molecule has 2 atom stereocenters. The summed E-state index contributed by atoms with van der Waals surface area (Å²) in [6, 6.07) is 12.9. The number of imide groups is 1. The molecule has 1 aliphatic rings. The summed E-state index contributed by atoms with van der Waals surface area (Å²) in [6.07, 6.45) is 0.440. The first-order valence-electron chi connectivity index (χ1n) is 9.87. The molecule has 0 saturated carbocycles. The lowest BCUT2D eigenvalue weighted by Gasteiger charge is -2.25. The number of rotatable bonds is 8. The van der Waals surface area contributed by atoms with Gasteiger partial charge < -0.3 is 18.9 Å². The summed E-state index contributed by atoms with van der Waals surface area (Å²) in [5.41, 5.74) is 1.73. The van der Waals surface area contributed by atoms with Crippen molar-refractivity contribution in [2.24, 2.45) is 0 Å². The van der Waals surface area contributed by atoms with E-state index >= 15 is 0 Å². The number of cyclic esters (lactones) is 1. The maximum atomic E-state index is 13.5. The largest absolute Gasteiger partial charge is 0.493 e. The number of benzene rings is 2. The van der Waals surface area contributed by atoms with Crippen molar-refractivity contribution in [3.63, 3.8) is 0 Å². The molecule has 1 fully saturated rings. The average Bonchev–Trinajstić information content (AvgIpc) is 3.13. The van der Waals surface area contributed by atoms with Gasteiger partial charge in [-0.3, -0.25) is 4.79 Å². The van der Waals surface area contributed by atoms with E-state index < -0.39 is 12.0 Å². The van der Waals surface area contributed by atoms with Crippen molar-refractivity contribution in [3.05, 3.63) is 53.6 Å². The van der Waals surface area contributed by atoms with Crippen molar-refractivity contribution in [1.82, 2.24) is 4.90 Å². The zero-order valence-electron chi connectivity index (χ0n) is 17.7. The number of ether oxygens (including phenoxy) is 4. The Hall–Kier alpha value is -3.22. The lowest BCUT2D eigenvalue weighted by atomic mass is 9.93. The molecule has 2 aromatic carbocycles. The normalized spacial score (nSPS) is 16.7. The van der Waals surface area contributed by atoms with Gasteiger partial charge in [0.1, 0.15) is 6.61 Å². The van der Waals surface area contributed by atoms with Crippen LogP contribution in [-0.4, -0.2) is 50.9 Å². The molecule has 2 amide bonds. The van der Waals surface area contributed by atoms with Crippen LogP contribution in [0.3, 0.4) is 0 Å². The van der Waals surface area contributed by atoms with Crippen LogP contribution in [-0.2, 0) is 16.0 Å². The Labute approximate surface area is 176 Å². The first kappa shape index (κ1) is 21.5. The van der Waals surface area contributed by atoms with Gasteiger partial charge >= 0.3 is 6.09 Å². The van der Waals surface area contributed by atoms with Crippen LogP contribution in [0.15, 0.2) is 42.5 Å². The molecule has 1 saturated heterocycles. The van der Waals surface area contributed by atoms with Crippen molar-refractivity contribution in [1.29, 1.82) is 0 Å². The molecule has 0 radical (unpaired) electrons. The van der Waals surface area contributed by atoms with Crippen molar-refractivity contribution in [3.8, 4) is 17.2 Å². The van der Waals surface area contributed by atoms with Gasteiger partial charge in [0.2, 0.25) is 11.7 Å². The molecule has 0 aliphatic carbocycles. The standard InChI is InChI=1S/C23H27NO6/c1-5-18(16-12-19(27-2)21(29-4)20(13-16)28-3)22(25)24-17(14-30-23(24)26)11-15-9-7-6-8-10-15/h6-10,12-13,17-18H,5,11,14H2,1-4H3/t17-,18+/m1/s1. The molecule has 1 aliphatic heterocycles. The first-order chi connectivity index (χ1) is 14.5. The fourth-order valence-corrected chi connectivity index (χ4v) is 3.79. The second kappa shape index (κ2) is 9.52. The van der Waals surface area contributed by atoms with Gasteiger partial charge in [-0.2, -0.15) is 0 Å². The highest BCUT2D eigenvalue weighted by molar-refractivity contribution is 5.97. The smallest absolute Gasteiger partial charge is 0.417 e. The van der Waals surface area contributed by atoms with E-state index in [-0.39, 0.29) is 18.6 Å². The number of carbonyl (C=O) groups excluding carboxylic acids is 2. The summed E-state index contributed by atoms with van der Waals surface area (Å²) in [5.74, 6) is 0.525. The molecule has 0 unspecified atom stereocenters. The van der Waals surface area contributed by atoms with Crippen molar-refractivity contribution >= 4 is 12.0 Å². The molecular formula is C23H27NO6. The minimum Gasteiger partial charge on any atom is -0.493 e. The fraction of sp³-hybridized carbons (Fsp3) is 0.391. The van der Waals surface area contributed by atoms with Crippen LogP contribution in [0.1, 0.15) is 30.4 Å². The molecule has 0 aromatic heterocycles. The lowest BCUT2D eigenvalue weighted by molar-refractivity contribution is -0.130. The maximum absolute atomic E-state index is 13.5. The molecule has 1 heterocycles. The quantitative estimate of drug-likeness (QED) is 0.655. The van der Waals surface area contributed by atoms with E-state index in [2.05, 4.69) is 0 Å². The summed E-state index contributed by atoms with van der Waals surface area (Å²) >= 11 is 0. The molecule has 0 spiro atoms. The highest BCUT2D eigenvalue weighted by atomic mass is 16.6. The Bertz CT molecular complexity index is 873. The summed E-state index contributed by atoms with van der Waals surface area (Å²) < 4.78 is 21.4. The molecule has 30 heavy (non-hydrogen) atoms. The first-order valence-corrected chi connectivity index (χ1v) is 9.87. The Morgan fingerprint density at radius 2 is 1.73 bits per heavy atom. The predicted octanol–water partition coefficient (Wildman–Crippen LogP) is 3.80. The van der Waals surface area contributed by atoms with Gasteiger partial charge in [-0.1, -0.05) is 37.3 Å². The van der Waals surface area contributed by atoms with E-state index in [1.54, 1.807) is 12.1 Å². The third kappa shape index (κ3) is 4.20. The number of carbonyl (C=O) groups is 2. The molecule has 7 heteroatoms. The van der Waals surface area contributed by atoms with E-state index in [0.717, 1.165) is 5.56 Å². The Morgan fingerprint density at radius 3 is 2.27 bits per heavy atom. The summed E-state index contributed by atoms with van der Waals surface area (Å²) in [4.78, 5) is 27.1. The summed E-state index contributed by atoms with van der Waals surface area (Å²) in [5, 5.41) is 0. The summed E-state index contributed by atoms with van der Waals surface area (Å²) in [6.45, 7) is 2.09. The molecule has 7 nitrogen and oxygen atoms in total. The monoisotopic (exact) mass is 413 g/mol. The predicted molar refractivity (Wildman–Crippen MR) is 111 cm³/mol. The second-order valence-electron chi connectivity index (χ2n) is 7.05. The minimum atomic E-state index is -0.605. The SMILES string of the molecule is CC[C@H](C(=O)N1C(=O)OC[C@H]1Cc1ccccc1)c1cc(OC)c(OC)c(OC)c1. The second-order valence-corrected chi connectivity index (χ2v) is 7.05. The van der Waals surface area contributed by atoms with Gasteiger partial charge in [-0.05, 0) is 36.1 Å². The minimum absolute atomic E-state index is 0.186. The van der Waals surface area contributed by atoms with E-state index in [9.17, 15) is 9.59 Å². The van der Waals surface area contributed by atoms with Crippen LogP contribution in [0.4, 0.5) is 4.79 Å². The van der Waals surface area contributed by atoms with Gasteiger partial charge in [-0.25, -0.2) is 9.69 Å². The van der Waals surface area contributed by atoms with Crippen molar-refractivity contribution in [2.45, 2.75) is 31.7 Å². The van der Waals surface area contributed by atoms with Crippen LogP contribution in [0.5, 0.6) is 17.2 Å². The third-order valence-electron chi connectivity index (χ3n) is 5.31. The van der Waals surface area contributed by atoms with E-state index in [0.29, 0.717) is 35.7 Å². The molecule has 2 aromatic rings. The third-order valence-corrected chi connectivity index (χ3v) is 5.31. The average molecular weight is 413 g/mol. The highest BCUT2D eigenvalue weighted by Gasteiger charge is 2.41. The van der Waals surface area contributed by atoms with Crippen LogP contribution >= 0.6 is 0 Å². The molecular weight excluding hydrogens is 386 g/mol. The van der Waals surface area contributed by atoms with Crippen LogP contribution in [0.2, 0.25) is 0 Å². The highest BCUT2D eigenvalue weighted by Crippen LogP contribution is 2.41. The molecule has 0 N–H and O–H groups in total. The Morgan fingerprint density at radius 1 is 1.10 bits per heavy atom. The number of amides is 2. The number of hydrogen-bond acceptors (Lipinski definition) is 6. The lowest BCUT2D eigenvalue weighted by Crippen LogP contribution is -2.42. The van der Waals surface area contributed by atoms with E-state index in [1.165, 1.54) is 26.2 Å². The number of hydrogen-bond donors (Lipinski definition) is 0. The zero-order valence-corrected chi connectivity index (χ0v) is 17.7.